The van der Waals surface area contributed by atoms with E-state index < -0.39 is 0 Å². The minimum atomic E-state index is 0.0266. The predicted octanol–water partition coefficient (Wildman–Crippen LogP) is 2.14. The SMILES string of the molecule is CCn1cc([C@@H]2OCCC[C@H]2CNc2nccnc2C#N)cn1. The Balaban J connectivity index is 1.70. The number of aromatic nitrogens is 4. The van der Waals surface area contributed by atoms with Gasteiger partial charge in [0.15, 0.2) is 11.5 Å². The molecule has 0 radical (unpaired) electrons. The van der Waals surface area contributed by atoms with Crippen molar-refractivity contribution in [2.24, 2.45) is 5.92 Å². The molecule has 1 aliphatic heterocycles. The molecular weight excluding hydrogens is 292 g/mol. The maximum atomic E-state index is 9.09. The van der Waals surface area contributed by atoms with Crippen LogP contribution in [0.5, 0.6) is 0 Å². The Morgan fingerprint density at radius 3 is 3.09 bits per heavy atom. The third-order valence-corrected chi connectivity index (χ3v) is 4.09. The highest BCUT2D eigenvalue weighted by Gasteiger charge is 2.28. The summed E-state index contributed by atoms with van der Waals surface area (Å²) in [5.74, 6) is 0.843. The van der Waals surface area contributed by atoms with Gasteiger partial charge >= 0.3 is 0 Å². The number of hydrogen-bond acceptors (Lipinski definition) is 6. The van der Waals surface area contributed by atoms with Crippen molar-refractivity contribution < 1.29 is 4.74 Å². The average molecular weight is 312 g/mol. The summed E-state index contributed by atoms with van der Waals surface area (Å²) in [6.07, 6.45) is 9.17. The Morgan fingerprint density at radius 2 is 2.30 bits per heavy atom. The maximum absolute atomic E-state index is 9.09. The molecule has 3 rings (SSSR count). The molecule has 1 fully saturated rings. The van der Waals surface area contributed by atoms with Crippen LogP contribution < -0.4 is 5.32 Å². The molecule has 0 aromatic carbocycles. The van der Waals surface area contributed by atoms with E-state index in [0.717, 1.165) is 31.6 Å². The highest BCUT2D eigenvalue weighted by atomic mass is 16.5. The Morgan fingerprint density at radius 1 is 1.43 bits per heavy atom. The van der Waals surface area contributed by atoms with E-state index in [9.17, 15) is 0 Å². The largest absolute Gasteiger partial charge is 0.373 e. The quantitative estimate of drug-likeness (QED) is 0.910. The van der Waals surface area contributed by atoms with Gasteiger partial charge in [0.2, 0.25) is 0 Å². The number of anilines is 1. The first-order valence-electron chi connectivity index (χ1n) is 7.90. The zero-order valence-electron chi connectivity index (χ0n) is 13.1. The lowest BCUT2D eigenvalue weighted by atomic mass is 9.91. The molecule has 2 aromatic heterocycles. The van der Waals surface area contributed by atoms with Crippen molar-refractivity contribution in [2.75, 3.05) is 18.5 Å². The second-order valence-electron chi connectivity index (χ2n) is 5.57. The lowest BCUT2D eigenvalue weighted by Crippen LogP contribution is -2.28. The zero-order chi connectivity index (χ0) is 16.1. The molecule has 7 heteroatoms. The van der Waals surface area contributed by atoms with Crippen molar-refractivity contribution in [3.63, 3.8) is 0 Å². The van der Waals surface area contributed by atoms with E-state index in [2.05, 4.69) is 33.4 Å². The first kappa shape index (κ1) is 15.4. The van der Waals surface area contributed by atoms with Crippen LogP contribution in [0.25, 0.3) is 0 Å². The van der Waals surface area contributed by atoms with Crippen molar-refractivity contribution in [3.8, 4) is 6.07 Å². The number of aryl methyl sites for hydroxylation is 1. The predicted molar refractivity (Wildman–Crippen MR) is 84.6 cm³/mol. The van der Waals surface area contributed by atoms with Crippen LogP contribution in [0.4, 0.5) is 5.82 Å². The number of hydrogen-bond donors (Lipinski definition) is 1. The lowest BCUT2D eigenvalue weighted by molar-refractivity contribution is -0.0239. The van der Waals surface area contributed by atoms with Crippen LogP contribution >= 0.6 is 0 Å². The van der Waals surface area contributed by atoms with Gasteiger partial charge in [-0.15, -0.1) is 0 Å². The van der Waals surface area contributed by atoms with Gasteiger partial charge in [0.25, 0.3) is 0 Å². The van der Waals surface area contributed by atoms with Crippen LogP contribution in [0.15, 0.2) is 24.8 Å². The van der Waals surface area contributed by atoms with Gasteiger partial charge in [-0.2, -0.15) is 10.4 Å². The summed E-state index contributed by atoms with van der Waals surface area (Å²) in [5, 5.41) is 16.7. The second-order valence-corrected chi connectivity index (χ2v) is 5.57. The molecule has 1 aliphatic rings. The van der Waals surface area contributed by atoms with Crippen molar-refractivity contribution in [1.82, 2.24) is 19.7 Å². The van der Waals surface area contributed by atoms with Crippen molar-refractivity contribution in [3.05, 3.63) is 36.0 Å². The zero-order valence-corrected chi connectivity index (χ0v) is 13.1. The third-order valence-electron chi connectivity index (χ3n) is 4.09. The number of nitrogens with zero attached hydrogens (tertiary/aromatic N) is 5. The van der Waals surface area contributed by atoms with Crippen LogP contribution in [0, 0.1) is 17.2 Å². The van der Waals surface area contributed by atoms with Gasteiger partial charge in [-0.25, -0.2) is 9.97 Å². The molecule has 0 saturated carbocycles. The smallest absolute Gasteiger partial charge is 0.182 e. The van der Waals surface area contributed by atoms with E-state index >= 15 is 0 Å². The molecule has 0 amide bonds. The molecule has 120 valence electrons. The lowest BCUT2D eigenvalue weighted by Gasteiger charge is -2.31. The van der Waals surface area contributed by atoms with Crippen LogP contribution in [0.2, 0.25) is 0 Å². The van der Waals surface area contributed by atoms with Crippen LogP contribution in [0.1, 0.15) is 37.1 Å². The van der Waals surface area contributed by atoms with Crippen molar-refractivity contribution >= 4 is 5.82 Å². The fraction of sp³-hybridized carbons (Fsp3) is 0.500. The molecule has 0 aliphatic carbocycles. The normalized spacial score (nSPS) is 20.9. The molecular formula is C16H20N6O. The fourth-order valence-electron chi connectivity index (χ4n) is 2.90. The van der Waals surface area contributed by atoms with Gasteiger partial charge < -0.3 is 10.1 Å². The summed E-state index contributed by atoms with van der Waals surface area (Å²) in [6, 6.07) is 2.06. The van der Waals surface area contributed by atoms with Crippen LogP contribution in [-0.2, 0) is 11.3 Å². The average Bonchev–Trinajstić information content (AvgIpc) is 3.09. The molecule has 1 saturated heterocycles. The summed E-state index contributed by atoms with van der Waals surface area (Å²) in [5.41, 5.74) is 1.43. The van der Waals surface area contributed by atoms with Gasteiger partial charge in [0.1, 0.15) is 6.07 Å². The van der Waals surface area contributed by atoms with E-state index in [1.165, 1.54) is 6.20 Å². The first-order chi connectivity index (χ1) is 11.3. The first-order valence-corrected chi connectivity index (χ1v) is 7.90. The minimum Gasteiger partial charge on any atom is -0.373 e. The molecule has 2 atom stereocenters. The molecule has 0 bridgehead atoms. The summed E-state index contributed by atoms with van der Waals surface area (Å²) in [7, 11) is 0. The monoisotopic (exact) mass is 312 g/mol. The summed E-state index contributed by atoms with van der Waals surface area (Å²) in [6.45, 7) is 4.37. The molecule has 3 heterocycles. The molecule has 23 heavy (non-hydrogen) atoms. The molecule has 0 unspecified atom stereocenters. The molecule has 1 N–H and O–H groups in total. The number of nitrogens with one attached hydrogen (secondary N) is 1. The van der Waals surface area contributed by atoms with Gasteiger partial charge in [-0.05, 0) is 19.8 Å². The van der Waals surface area contributed by atoms with E-state index in [4.69, 9.17) is 10.00 Å². The Bertz CT molecular complexity index is 692. The van der Waals surface area contributed by atoms with E-state index in [1.807, 2.05) is 17.1 Å². The topological polar surface area (TPSA) is 88.6 Å². The molecule has 7 nitrogen and oxygen atoms in total. The highest BCUT2D eigenvalue weighted by Crippen LogP contribution is 2.33. The van der Waals surface area contributed by atoms with Gasteiger partial charge in [0.05, 0.1) is 12.3 Å². The number of ether oxygens (including phenoxy) is 1. The standard InChI is InChI=1S/C16H20N6O/c1-2-22-11-13(10-21-22)15-12(4-3-7-23-15)9-20-16-14(8-17)18-5-6-19-16/h5-6,10-12,15H,2-4,7,9H2,1H3,(H,19,20)/t12-,15+/m0/s1. The summed E-state index contributed by atoms with van der Waals surface area (Å²) >= 11 is 0. The Kier molecular flexibility index (Phi) is 4.83. The Hall–Kier alpha value is -2.46. The van der Waals surface area contributed by atoms with Crippen molar-refractivity contribution in [2.45, 2.75) is 32.4 Å². The van der Waals surface area contributed by atoms with Crippen LogP contribution in [-0.4, -0.2) is 32.9 Å². The highest BCUT2D eigenvalue weighted by molar-refractivity contribution is 5.46. The van der Waals surface area contributed by atoms with E-state index in [-0.39, 0.29) is 6.10 Å². The summed E-state index contributed by atoms with van der Waals surface area (Å²) < 4.78 is 7.90. The fourth-order valence-corrected chi connectivity index (χ4v) is 2.90. The summed E-state index contributed by atoms with van der Waals surface area (Å²) in [4.78, 5) is 8.22. The second kappa shape index (κ2) is 7.20. The van der Waals surface area contributed by atoms with E-state index in [1.54, 1.807) is 6.20 Å². The molecule has 0 spiro atoms. The minimum absolute atomic E-state index is 0.0266. The maximum Gasteiger partial charge on any atom is 0.182 e. The van der Waals surface area contributed by atoms with Gasteiger partial charge in [-0.1, -0.05) is 0 Å². The Labute approximate surface area is 135 Å². The molecule has 2 aromatic rings. The number of nitriles is 1. The van der Waals surface area contributed by atoms with E-state index in [0.29, 0.717) is 24.0 Å². The third kappa shape index (κ3) is 3.48. The van der Waals surface area contributed by atoms with Gasteiger partial charge in [0, 0.05) is 49.8 Å². The van der Waals surface area contributed by atoms with Gasteiger partial charge in [-0.3, -0.25) is 4.68 Å². The number of rotatable bonds is 5. The van der Waals surface area contributed by atoms with Crippen LogP contribution in [0.3, 0.4) is 0 Å². The van der Waals surface area contributed by atoms with Crippen molar-refractivity contribution in [1.29, 1.82) is 5.26 Å².